The van der Waals surface area contributed by atoms with Crippen LogP contribution in [0.2, 0.25) is 5.02 Å². The predicted molar refractivity (Wildman–Crippen MR) is 122 cm³/mol. The Balaban J connectivity index is 0.00000364. The minimum Gasteiger partial charge on any atom is -0.355 e. The van der Waals surface area contributed by atoms with Gasteiger partial charge in [0.1, 0.15) is 0 Å². The van der Waals surface area contributed by atoms with E-state index in [4.69, 9.17) is 11.6 Å². The van der Waals surface area contributed by atoms with Gasteiger partial charge in [-0.2, -0.15) is 0 Å². The molecule has 27 heavy (non-hydrogen) atoms. The Kier molecular flexibility index (Phi) is 9.95. The van der Waals surface area contributed by atoms with Crippen molar-refractivity contribution in [3.05, 3.63) is 45.4 Å². The molecule has 0 aliphatic heterocycles. The van der Waals surface area contributed by atoms with Crippen molar-refractivity contribution >= 4 is 62.9 Å². The highest BCUT2D eigenvalue weighted by Gasteiger charge is 2.14. The zero-order valence-corrected chi connectivity index (χ0v) is 20.0. The topological polar surface area (TPSA) is 86.7 Å². The Bertz CT molecular complexity index is 873. The van der Waals surface area contributed by atoms with Crippen LogP contribution in [0.1, 0.15) is 10.7 Å². The van der Waals surface area contributed by atoms with Gasteiger partial charge in [-0.3, -0.25) is 4.99 Å². The maximum absolute atomic E-state index is 12.2. The number of sulfonamides is 1. The lowest BCUT2D eigenvalue weighted by atomic mass is 10.4. The van der Waals surface area contributed by atoms with E-state index < -0.39 is 10.0 Å². The molecule has 0 aliphatic carbocycles. The van der Waals surface area contributed by atoms with E-state index in [9.17, 15) is 8.42 Å². The molecule has 0 saturated heterocycles. The molecule has 1 aromatic carbocycles. The molecule has 0 unspecified atom stereocenters. The Labute approximate surface area is 186 Å². The largest absolute Gasteiger partial charge is 0.355 e. The summed E-state index contributed by atoms with van der Waals surface area (Å²) >= 11 is 7.45. The average molecular weight is 544 g/mol. The lowest BCUT2D eigenvalue weighted by molar-refractivity contribution is 0.471. The summed E-state index contributed by atoms with van der Waals surface area (Å²) in [5.74, 6) is 0.664. The van der Waals surface area contributed by atoms with Crippen LogP contribution in [0, 0.1) is 6.92 Å². The molecule has 1 aromatic heterocycles. The monoisotopic (exact) mass is 543 g/mol. The van der Waals surface area contributed by atoms with Crippen LogP contribution in [0.25, 0.3) is 0 Å². The van der Waals surface area contributed by atoms with E-state index in [0.29, 0.717) is 24.1 Å². The van der Waals surface area contributed by atoms with E-state index >= 15 is 0 Å². The number of nitrogens with one attached hydrogen (secondary N) is 2. The molecule has 0 bridgehead atoms. The van der Waals surface area contributed by atoms with E-state index in [1.165, 1.54) is 12.1 Å². The zero-order chi connectivity index (χ0) is 19.2. The molecular formula is C16H23ClIN5O2S2. The van der Waals surface area contributed by atoms with Gasteiger partial charge in [-0.25, -0.2) is 18.1 Å². The number of aromatic nitrogens is 1. The fourth-order valence-corrected chi connectivity index (χ4v) is 4.20. The molecule has 0 aliphatic rings. The zero-order valence-electron chi connectivity index (χ0n) is 15.3. The molecule has 150 valence electrons. The highest BCUT2D eigenvalue weighted by atomic mass is 127. The third kappa shape index (κ3) is 7.53. The molecule has 0 radical (unpaired) electrons. The molecule has 2 aromatic rings. The average Bonchev–Trinajstić information content (AvgIpc) is 2.99. The maximum atomic E-state index is 12.2. The van der Waals surface area contributed by atoms with E-state index in [-0.39, 0.29) is 35.4 Å². The minimum absolute atomic E-state index is 0. The van der Waals surface area contributed by atoms with Gasteiger partial charge in [0.25, 0.3) is 0 Å². The number of thiazole rings is 1. The molecule has 2 N–H and O–H groups in total. The summed E-state index contributed by atoms with van der Waals surface area (Å²) < 4.78 is 27.0. The number of aryl methyl sites for hydroxylation is 1. The van der Waals surface area contributed by atoms with Crippen molar-refractivity contribution in [3.63, 3.8) is 0 Å². The van der Waals surface area contributed by atoms with Crippen molar-refractivity contribution in [2.75, 3.05) is 27.2 Å². The summed E-state index contributed by atoms with van der Waals surface area (Å²) in [6.07, 6.45) is 0. The number of aliphatic imine (C=N–C) groups is 1. The van der Waals surface area contributed by atoms with Gasteiger partial charge >= 0.3 is 0 Å². The normalized spacial score (nSPS) is 11.8. The fourth-order valence-electron chi connectivity index (χ4n) is 2.26. The number of hydrogen-bond acceptors (Lipinski definition) is 5. The Morgan fingerprint density at radius 2 is 2.11 bits per heavy atom. The molecule has 0 amide bonds. The van der Waals surface area contributed by atoms with Gasteiger partial charge in [0.15, 0.2) is 5.96 Å². The van der Waals surface area contributed by atoms with Crippen LogP contribution >= 0.6 is 46.9 Å². The van der Waals surface area contributed by atoms with Crippen LogP contribution in [0.15, 0.2) is 39.5 Å². The van der Waals surface area contributed by atoms with Crippen LogP contribution in [0.5, 0.6) is 0 Å². The molecule has 1 heterocycles. The van der Waals surface area contributed by atoms with Crippen LogP contribution in [-0.2, 0) is 16.6 Å². The number of benzene rings is 1. The minimum atomic E-state index is -3.59. The van der Waals surface area contributed by atoms with Gasteiger partial charge in [-0.15, -0.1) is 35.3 Å². The fraction of sp³-hybridized carbons (Fsp3) is 0.375. The van der Waals surface area contributed by atoms with E-state index in [1.807, 2.05) is 24.3 Å². The SMILES string of the molecule is CN=C(NCCNS(=O)(=O)c1cccc(Cl)c1)N(C)Cc1csc(C)n1.I. The van der Waals surface area contributed by atoms with Gasteiger partial charge < -0.3 is 10.2 Å². The van der Waals surface area contributed by atoms with Crippen molar-refractivity contribution in [1.82, 2.24) is 19.9 Å². The Morgan fingerprint density at radius 1 is 1.37 bits per heavy atom. The molecule has 0 atom stereocenters. The summed E-state index contributed by atoms with van der Waals surface area (Å²) in [5, 5.41) is 6.54. The second-order valence-corrected chi connectivity index (χ2v) is 8.81. The standard InChI is InChI=1S/C16H22ClN5O2S2.HI/c1-12-21-14(11-25-12)10-22(3)16(18-2)19-7-8-20-26(23,24)15-6-4-5-13(17)9-15;/h4-6,9,11,20H,7-8,10H2,1-3H3,(H,18,19);1H. The lowest BCUT2D eigenvalue weighted by Gasteiger charge is -2.21. The van der Waals surface area contributed by atoms with E-state index in [0.717, 1.165) is 10.7 Å². The summed E-state index contributed by atoms with van der Waals surface area (Å²) in [4.78, 5) is 10.7. The van der Waals surface area contributed by atoms with Gasteiger partial charge in [0.2, 0.25) is 10.0 Å². The summed E-state index contributed by atoms with van der Waals surface area (Å²) in [6.45, 7) is 3.20. The van der Waals surface area contributed by atoms with Gasteiger partial charge in [-0.1, -0.05) is 17.7 Å². The molecule has 0 saturated carbocycles. The molecule has 2 rings (SSSR count). The van der Waals surface area contributed by atoms with Crippen LogP contribution in [-0.4, -0.2) is 51.4 Å². The van der Waals surface area contributed by atoms with Gasteiger partial charge in [0.05, 0.1) is 22.1 Å². The van der Waals surface area contributed by atoms with Crippen molar-refractivity contribution in [1.29, 1.82) is 0 Å². The lowest BCUT2D eigenvalue weighted by Crippen LogP contribution is -2.42. The van der Waals surface area contributed by atoms with E-state index in [2.05, 4.69) is 20.0 Å². The third-order valence-corrected chi connectivity index (χ3v) is 5.96. The van der Waals surface area contributed by atoms with Crippen LogP contribution in [0.4, 0.5) is 0 Å². The number of halogens is 2. The van der Waals surface area contributed by atoms with Crippen LogP contribution in [0.3, 0.4) is 0 Å². The molecule has 7 nitrogen and oxygen atoms in total. The summed E-state index contributed by atoms with van der Waals surface area (Å²) in [5.41, 5.74) is 0.972. The maximum Gasteiger partial charge on any atom is 0.240 e. The first-order chi connectivity index (χ1) is 12.3. The predicted octanol–water partition coefficient (Wildman–Crippen LogP) is 2.71. The highest BCUT2D eigenvalue weighted by Crippen LogP contribution is 2.15. The van der Waals surface area contributed by atoms with Crippen molar-refractivity contribution in [2.45, 2.75) is 18.4 Å². The van der Waals surface area contributed by atoms with E-state index in [1.54, 1.807) is 30.5 Å². The van der Waals surface area contributed by atoms with Crippen molar-refractivity contribution < 1.29 is 8.42 Å². The molecular weight excluding hydrogens is 521 g/mol. The summed E-state index contributed by atoms with van der Waals surface area (Å²) in [6, 6.07) is 6.15. The first-order valence-corrected chi connectivity index (χ1v) is 10.6. The number of guanidine groups is 1. The first-order valence-electron chi connectivity index (χ1n) is 7.90. The smallest absolute Gasteiger partial charge is 0.240 e. The van der Waals surface area contributed by atoms with Gasteiger partial charge in [-0.05, 0) is 25.1 Å². The van der Waals surface area contributed by atoms with Crippen molar-refractivity contribution in [3.8, 4) is 0 Å². The van der Waals surface area contributed by atoms with Crippen LogP contribution < -0.4 is 10.0 Å². The van der Waals surface area contributed by atoms with Crippen molar-refractivity contribution in [2.24, 2.45) is 4.99 Å². The Morgan fingerprint density at radius 3 is 2.70 bits per heavy atom. The highest BCUT2D eigenvalue weighted by molar-refractivity contribution is 14.0. The summed E-state index contributed by atoms with van der Waals surface area (Å²) in [7, 11) is -0.00528. The quantitative estimate of drug-likeness (QED) is 0.243. The Hall–Kier alpha value is -0.950. The molecule has 0 spiro atoms. The molecule has 11 heteroatoms. The number of nitrogens with zero attached hydrogens (tertiary/aromatic N) is 3. The number of hydrogen-bond donors (Lipinski definition) is 2. The first kappa shape index (κ1) is 24.1. The molecule has 0 fully saturated rings. The number of rotatable bonds is 7. The third-order valence-electron chi connectivity index (χ3n) is 3.45. The van der Waals surface area contributed by atoms with Gasteiger partial charge in [0, 0.05) is 37.6 Å². The second-order valence-electron chi connectivity index (χ2n) is 5.54. The second kappa shape index (κ2) is 11.1.